The van der Waals surface area contributed by atoms with Crippen molar-refractivity contribution in [2.24, 2.45) is 4.99 Å². The van der Waals surface area contributed by atoms with Gasteiger partial charge in [0.2, 0.25) is 0 Å². The van der Waals surface area contributed by atoms with E-state index in [4.69, 9.17) is 0 Å². The Morgan fingerprint density at radius 1 is 1.28 bits per heavy atom. The van der Waals surface area contributed by atoms with Crippen LogP contribution in [-0.4, -0.2) is 34.0 Å². The molecule has 0 saturated heterocycles. The number of nitro benzene ring substituents is 1. The number of aryl methyl sites for hydroxylation is 1. The van der Waals surface area contributed by atoms with Gasteiger partial charge in [0, 0.05) is 29.5 Å². The zero-order valence-electron chi connectivity index (χ0n) is 15.3. The molecule has 3 rings (SSSR count). The highest BCUT2D eigenvalue weighted by atomic mass is 32.2. The van der Waals surface area contributed by atoms with E-state index in [0.29, 0.717) is 29.4 Å². The van der Waals surface area contributed by atoms with Crippen LogP contribution < -0.4 is 0 Å². The molecule has 1 heterocycles. The topological polar surface area (TPSA) is 75.8 Å². The first kappa shape index (κ1) is 20.8. The van der Waals surface area contributed by atoms with E-state index in [1.54, 1.807) is 13.0 Å². The zero-order valence-corrected chi connectivity index (χ0v) is 16.1. The third-order valence-corrected chi connectivity index (χ3v) is 5.41. The van der Waals surface area contributed by atoms with E-state index in [2.05, 4.69) is 4.99 Å². The van der Waals surface area contributed by atoms with E-state index in [1.807, 2.05) is 0 Å². The van der Waals surface area contributed by atoms with Gasteiger partial charge in [-0.05, 0) is 24.6 Å². The van der Waals surface area contributed by atoms with Gasteiger partial charge < -0.3 is 0 Å². The highest BCUT2D eigenvalue weighted by molar-refractivity contribution is 8.13. The third-order valence-electron chi connectivity index (χ3n) is 4.32. The number of benzene rings is 2. The summed E-state index contributed by atoms with van der Waals surface area (Å²) in [6, 6.07) is 9.23. The van der Waals surface area contributed by atoms with Crippen molar-refractivity contribution in [3.63, 3.8) is 0 Å². The summed E-state index contributed by atoms with van der Waals surface area (Å²) in [7, 11) is 0. The SMILES string of the molecule is Cc1ccc(C(=O)N2CCN=C2SCc2cccc(C(F)(F)F)c2)cc1[N+](=O)[O-]. The molecule has 0 atom stereocenters. The normalized spacial score (nSPS) is 14.1. The molecular formula is C19H16F3N3O3S. The average Bonchev–Trinajstić information content (AvgIpc) is 3.14. The van der Waals surface area contributed by atoms with Gasteiger partial charge in [-0.15, -0.1) is 0 Å². The fraction of sp³-hybridized carbons (Fsp3) is 0.263. The number of amides is 1. The van der Waals surface area contributed by atoms with Crippen molar-refractivity contribution in [1.29, 1.82) is 0 Å². The first-order valence-electron chi connectivity index (χ1n) is 8.57. The van der Waals surface area contributed by atoms with Gasteiger partial charge >= 0.3 is 6.18 Å². The van der Waals surface area contributed by atoms with E-state index >= 15 is 0 Å². The second kappa shape index (κ2) is 8.24. The highest BCUT2D eigenvalue weighted by Gasteiger charge is 2.31. The van der Waals surface area contributed by atoms with Crippen LogP contribution >= 0.6 is 11.8 Å². The zero-order chi connectivity index (χ0) is 21.2. The van der Waals surface area contributed by atoms with E-state index < -0.39 is 22.6 Å². The van der Waals surface area contributed by atoms with E-state index in [9.17, 15) is 28.1 Å². The van der Waals surface area contributed by atoms with E-state index in [-0.39, 0.29) is 17.0 Å². The predicted molar refractivity (Wildman–Crippen MR) is 104 cm³/mol. The molecule has 0 aliphatic carbocycles. The molecule has 29 heavy (non-hydrogen) atoms. The summed E-state index contributed by atoms with van der Waals surface area (Å²) in [5, 5.41) is 11.5. The summed E-state index contributed by atoms with van der Waals surface area (Å²) >= 11 is 1.16. The standard InChI is InChI=1S/C19H16F3N3O3S/c1-12-5-6-14(10-16(12)25(27)28)17(26)24-8-7-23-18(24)29-11-13-3-2-4-15(9-13)19(20,21)22/h2-6,9-10H,7-8,11H2,1H3. The average molecular weight is 423 g/mol. The molecule has 0 N–H and O–H groups in total. The Bertz CT molecular complexity index is 992. The molecule has 0 saturated carbocycles. The van der Waals surface area contributed by atoms with Gasteiger partial charge in [0.1, 0.15) is 0 Å². The van der Waals surface area contributed by atoms with Crippen LogP contribution in [0.1, 0.15) is 27.0 Å². The number of amidine groups is 1. The lowest BCUT2D eigenvalue weighted by molar-refractivity contribution is -0.385. The number of hydrogen-bond acceptors (Lipinski definition) is 5. The van der Waals surface area contributed by atoms with Gasteiger partial charge in [-0.2, -0.15) is 13.2 Å². The molecule has 10 heteroatoms. The second-order valence-corrected chi connectivity index (χ2v) is 7.31. The Morgan fingerprint density at radius 3 is 2.72 bits per heavy atom. The van der Waals surface area contributed by atoms with Crippen LogP contribution in [0.25, 0.3) is 0 Å². The minimum Gasteiger partial charge on any atom is -0.286 e. The summed E-state index contributed by atoms with van der Waals surface area (Å²) < 4.78 is 38.6. The van der Waals surface area contributed by atoms with Crippen molar-refractivity contribution < 1.29 is 22.9 Å². The lowest BCUT2D eigenvalue weighted by atomic mass is 10.1. The quantitative estimate of drug-likeness (QED) is 0.529. The van der Waals surface area contributed by atoms with Crippen molar-refractivity contribution >= 4 is 28.5 Å². The van der Waals surface area contributed by atoms with Crippen LogP contribution in [0, 0.1) is 17.0 Å². The van der Waals surface area contributed by atoms with E-state index in [1.165, 1.54) is 29.2 Å². The van der Waals surface area contributed by atoms with Crippen LogP contribution in [0.15, 0.2) is 47.5 Å². The highest BCUT2D eigenvalue weighted by Crippen LogP contribution is 2.31. The lowest BCUT2D eigenvalue weighted by Gasteiger charge is -2.18. The van der Waals surface area contributed by atoms with Crippen LogP contribution in [0.3, 0.4) is 0 Å². The number of aliphatic imine (C=N–C) groups is 1. The smallest absolute Gasteiger partial charge is 0.286 e. The summed E-state index contributed by atoms with van der Waals surface area (Å²) in [6.45, 7) is 2.26. The predicted octanol–water partition coefficient (Wildman–Crippen LogP) is 4.67. The fourth-order valence-electron chi connectivity index (χ4n) is 2.82. The Balaban J connectivity index is 1.73. The fourth-order valence-corrected chi connectivity index (χ4v) is 3.81. The minimum absolute atomic E-state index is 0.148. The van der Waals surface area contributed by atoms with Crippen LogP contribution in [0.2, 0.25) is 0 Å². The summed E-state index contributed by atoms with van der Waals surface area (Å²) in [6.07, 6.45) is -4.42. The third kappa shape index (κ3) is 4.76. The molecule has 2 aromatic carbocycles. The molecule has 0 bridgehead atoms. The lowest BCUT2D eigenvalue weighted by Crippen LogP contribution is -2.32. The number of carbonyl (C=O) groups is 1. The molecule has 152 valence electrons. The molecule has 1 aliphatic rings. The number of hydrogen-bond donors (Lipinski definition) is 0. The monoisotopic (exact) mass is 423 g/mol. The molecular weight excluding hydrogens is 407 g/mol. The maximum absolute atomic E-state index is 12.9. The summed E-state index contributed by atoms with van der Waals surface area (Å²) in [5.41, 5.74) is 0.184. The molecule has 1 amide bonds. The second-order valence-electron chi connectivity index (χ2n) is 6.37. The largest absolute Gasteiger partial charge is 0.416 e. The maximum atomic E-state index is 12.9. The Hall–Kier alpha value is -2.88. The molecule has 0 unspecified atom stereocenters. The number of carbonyl (C=O) groups excluding carboxylic acids is 1. The van der Waals surface area contributed by atoms with Gasteiger partial charge in [-0.3, -0.25) is 24.8 Å². The van der Waals surface area contributed by atoms with Gasteiger partial charge in [0.15, 0.2) is 5.17 Å². The first-order valence-corrected chi connectivity index (χ1v) is 9.55. The molecule has 6 nitrogen and oxygen atoms in total. The Labute approximate surface area is 168 Å². The van der Waals surface area contributed by atoms with Gasteiger partial charge in [-0.1, -0.05) is 36.0 Å². The Kier molecular flexibility index (Phi) is 5.92. The number of nitrogens with zero attached hydrogens (tertiary/aromatic N) is 3. The molecule has 0 aromatic heterocycles. The molecule has 0 radical (unpaired) electrons. The van der Waals surface area contributed by atoms with Crippen LogP contribution in [0.5, 0.6) is 0 Å². The number of nitro groups is 1. The van der Waals surface area contributed by atoms with Gasteiger partial charge in [0.25, 0.3) is 11.6 Å². The number of alkyl halides is 3. The summed E-state index contributed by atoms with van der Waals surface area (Å²) in [5.74, 6) is -0.221. The van der Waals surface area contributed by atoms with Crippen molar-refractivity contribution in [2.75, 3.05) is 13.1 Å². The van der Waals surface area contributed by atoms with Crippen molar-refractivity contribution in [3.8, 4) is 0 Å². The number of thioether (sulfide) groups is 1. The van der Waals surface area contributed by atoms with Crippen LogP contribution in [-0.2, 0) is 11.9 Å². The minimum atomic E-state index is -4.42. The molecule has 2 aromatic rings. The van der Waals surface area contributed by atoms with E-state index in [0.717, 1.165) is 23.9 Å². The maximum Gasteiger partial charge on any atom is 0.416 e. The van der Waals surface area contributed by atoms with Crippen molar-refractivity contribution in [3.05, 3.63) is 74.8 Å². The summed E-state index contributed by atoms with van der Waals surface area (Å²) in [4.78, 5) is 29.0. The molecule has 1 aliphatic heterocycles. The van der Waals surface area contributed by atoms with Crippen molar-refractivity contribution in [2.45, 2.75) is 18.9 Å². The molecule has 0 spiro atoms. The van der Waals surface area contributed by atoms with Gasteiger partial charge in [0.05, 0.1) is 17.0 Å². The number of rotatable bonds is 4. The van der Waals surface area contributed by atoms with Crippen molar-refractivity contribution in [1.82, 2.24) is 4.90 Å². The molecule has 0 fully saturated rings. The van der Waals surface area contributed by atoms with Gasteiger partial charge in [-0.25, -0.2) is 0 Å². The van der Waals surface area contributed by atoms with Crippen LogP contribution in [0.4, 0.5) is 18.9 Å². The number of halogens is 3. The Morgan fingerprint density at radius 2 is 2.03 bits per heavy atom. The first-order chi connectivity index (χ1) is 13.7.